The van der Waals surface area contributed by atoms with E-state index in [0.717, 1.165) is 18.7 Å². The first-order chi connectivity index (χ1) is 14.8. The van der Waals surface area contributed by atoms with E-state index in [1.54, 1.807) is 13.8 Å². The van der Waals surface area contributed by atoms with Crippen molar-refractivity contribution in [2.24, 2.45) is 5.92 Å². The lowest BCUT2D eigenvalue weighted by Gasteiger charge is -2.43. The van der Waals surface area contributed by atoms with Crippen LogP contribution in [0.3, 0.4) is 0 Å². The number of rotatable bonds is 4. The Bertz CT molecular complexity index is 1010. The van der Waals surface area contributed by atoms with Gasteiger partial charge in [-0.3, -0.25) is 4.79 Å². The largest absolute Gasteiger partial charge is 0.360 e. The molecule has 8 nitrogen and oxygen atoms in total. The number of benzene rings is 1. The molecule has 9 heteroatoms. The van der Waals surface area contributed by atoms with E-state index in [1.165, 1.54) is 4.31 Å². The summed E-state index contributed by atoms with van der Waals surface area (Å²) in [6.07, 6.45) is 1.05. The number of hydrogen-bond acceptors (Lipinski definition) is 6. The van der Waals surface area contributed by atoms with Crippen LogP contribution in [0.5, 0.6) is 0 Å². The molecular formula is C22H30N4O4S. The monoisotopic (exact) mass is 446 g/mol. The molecule has 0 N–H and O–H groups in total. The molecule has 31 heavy (non-hydrogen) atoms. The van der Waals surface area contributed by atoms with Gasteiger partial charge >= 0.3 is 0 Å². The van der Waals surface area contributed by atoms with E-state index in [0.29, 0.717) is 43.9 Å². The minimum Gasteiger partial charge on any atom is -0.360 e. The second kappa shape index (κ2) is 8.72. The van der Waals surface area contributed by atoms with Gasteiger partial charge in [0.1, 0.15) is 10.6 Å². The second-order valence-electron chi connectivity index (χ2n) is 8.55. The molecule has 0 spiro atoms. The highest BCUT2D eigenvalue weighted by Gasteiger charge is 2.39. The number of piperidine rings is 1. The summed E-state index contributed by atoms with van der Waals surface area (Å²) >= 11 is 0. The third kappa shape index (κ3) is 4.26. The molecule has 0 radical (unpaired) electrons. The smallest absolute Gasteiger partial charge is 0.248 e. The van der Waals surface area contributed by atoms with Gasteiger partial charge in [-0.1, -0.05) is 35.5 Å². The molecular weight excluding hydrogens is 416 g/mol. The van der Waals surface area contributed by atoms with Crippen molar-refractivity contribution >= 4 is 15.9 Å². The molecule has 2 saturated heterocycles. The molecule has 0 bridgehead atoms. The SMILES string of the molecule is Cc1noc(C)c1S(=O)(=O)N1CCC(C(=O)N2CCN(C)CC2c2ccccc2)CC1. The molecule has 1 aromatic heterocycles. The average molecular weight is 447 g/mol. The van der Waals surface area contributed by atoms with Gasteiger partial charge in [0.05, 0.1) is 6.04 Å². The summed E-state index contributed by atoms with van der Waals surface area (Å²) in [5.41, 5.74) is 1.51. The van der Waals surface area contributed by atoms with E-state index in [2.05, 4.69) is 29.2 Å². The first kappa shape index (κ1) is 22.0. The Hall–Kier alpha value is -2.23. The van der Waals surface area contributed by atoms with Crippen molar-refractivity contribution in [2.45, 2.75) is 37.6 Å². The average Bonchev–Trinajstić information content (AvgIpc) is 3.12. The quantitative estimate of drug-likeness (QED) is 0.716. The Balaban J connectivity index is 1.46. The van der Waals surface area contributed by atoms with Crippen LogP contribution < -0.4 is 0 Å². The zero-order chi connectivity index (χ0) is 22.2. The molecule has 2 aliphatic heterocycles. The van der Waals surface area contributed by atoms with E-state index < -0.39 is 10.0 Å². The van der Waals surface area contributed by atoms with Crippen molar-refractivity contribution in [3.8, 4) is 0 Å². The zero-order valence-corrected chi connectivity index (χ0v) is 19.1. The van der Waals surface area contributed by atoms with Crippen molar-refractivity contribution < 1.29 is 17.7 Å². The van der Waals surface area contributed by atoms with E-state index in [9.17, 15) is 13.2 Å². The number of hydrogen-bond donors (Lipinski definition) is 0. The number of carbonyl (C=O) groups is 1. The van der Waals surface area contributed by atoms with Crippen LogP contribution in [-0.2, 0) is 14.8 Å². The lowest BCUT2D eigenvalue weighted by atomic mass is 9.94. The highest BCUT2D eigenvalue weighted by molar-refractivity contribution is 7.89. The van der Waals surface area contributed by atoms with Gasteiger partial charge in [-0.25, -0.2) is 8.42 Å². The summed E-state index contributed by atoms with van der Waals surface area (Å²) in [5.74, 6) is 0.279. The fourth-order valence-electron chi connectivity index (χ4n) is 4.69. The Morgan fingerprint density at radius 1 is 1.06 bits per heavy atom. The minimum absolute atomic E-state index is 0.0246. The minimum atomic E-state index is -3.67. The van der Waals surface area contributed by atoms with Crippen LogP contribution in [0.2, 0.25) is 0 Å². The molecule has 2 aliphatic rings. The van der Waals surface area contributed by atoms with Crippen LogP contribution in [0.1, 0.15) is 35.9 Å². The Kier molecular flexibility index (Phi) is 6.18. The Labute approximate surface area is 183 Å². The van der Waals surface area contributed by atoms with Crippen molar-refractivity contribution in [1.29, 1.82) is 0 Å². The Morgan fingerprint density at radius 3 is 2.35 bits per heavy atom. The summed E-state index contributed by atoms with van der Waals surface area (Å²) < 4.78 is 32.6. The lowest BCUT2D eigenvalue weighted by molar-refractivity contribution is -0.141. The van der Waals surface area contributed by atoms with Gasteiger partial charge in [-0.05, 0) is 39.3 Å². The zero-order valence-electron chi connectivity index (χ0n) is 18.3. The first-order valence-electron chi connectivity index (χ1n) is 10.8. The van der Waals surface area contributed by atoms with E-state index in [1.807, 2.05) is 23.1 Å². The van der Waals surface area contributed by atoms with Crippen molar-refractivity contribution in [3.05, 3.63) is 47.3 Å². The van der Waals surface area contributed by atoms with Crippen molar-refractivity contribution in [2.75, 3.05) is 39.8 Å². The molecule has 1 unspecified atom stereocenters. The number of carbonyl (C=O) groups excluding carboxylic acids is 1. The fourth-order valence-corrected chi connectivity index (χ4v) is 6.45. The van der Waals surface area contributed by atoms with Gasteiger partial charge in [0.2, 0.25) is 15.9 Å². The summed E-state index contributed by atoms with van der Waals surface area (Å²) in [4.78, 5) is 17.9. The number of aromatic nitrogens is 1. The van der Waals surface area contributed by atoms with E-state index in [4.69, 9.17) is 4.52 Å². The summed E-state index contributed by atoms with van der Waals surface area (Å²) in [5, 5.41) is 3.78. The van der Waals surface area contributed by atoms with Gasteiger partial charge in [-0.2, -0.15) is 4.31 Å². The van der Waals surface area contributed by atoms with Gasteiger partial charge in [-0.15, -0.1) is 0 Å². The molecule has 168 valence electrons. The third-order valence-electron chi connectivity index (χ3n) is 6.42. The molecule has 1 atom stereocenters. The summed E-state index contributed by atoms with van der Waals surface area (Å²) in [6, 6.07) is 10.2. The van der Waals surface area contributed by atoms with E-state index in [-0.39, 0.29) is 22.8 Å². The summed E-state index contributed by atoms with van der Waals surface area (Å²) in [6.45, 7) is 6.23. The second-order valence-corrected chi connectivity index (χ2v) is 10.4. The van der Waals surface area contributed by atoms with Crippen LogP contribution >= 0.6 is 0 Å². The van der Waals surface area contributed by atoms with Crippen LogP contribution in [0.15, 0.2) is 39.8 Å². The van der Waals surface area contributed by atoms with Crippen LogP contribution in [0.25, 0.3) is 0 Å². The van der Waals surface area contributed by atoms with Gasteiger partial charge in [0.15, 0.2) is 5.76 Å². The van der Waals surface area contributed by atoms with Crippen LogP contribution in [0, 0.1) is 19.8 Å². The first-order valence-corrected chi connectivity index (χ1v) is 12.2. The molecule has 0 aliphatic carbocycles. The van der Waals surface area contributed by atoms with Gasteiger partial charge in [0, 0.05) is 38.6 Å². The van der Waals surface area contributed by atoms with Crippen LogP contribution in [-0.4, -0.2) is 73.4 Å². The van der Waals surface area contributed by atoms with E-state index >= 15 is 0 Å². The number of piperazine rings is 1. The number of aryl methyl sites for hydroxylation is 2. The standard InChI is InChI=1S/C22H30N4O4S/c1-16-21(17(2)30-23-16)31(28,29)25-11-9-19(10-12-25)22(27)26-14-13-24(3)15-20(26)18-7-5-4-6-8-18/h4-8,19-20H,9-15H2,1-3H3. The molecule has 3 heterocycles. The topological polar surface area (TPSA) is 87.0 Å². The summed E-state index contributed by atoms with van der Waals surface area (Å²) in [7, 11) is -1.59. The maximum atomic E-state index is 13.5. The fraction of sp³-hybridized carbons (Fsp3) is 0.545. The number of nitrogens with zero attached hydrogens (tertiary/aromatic N) is 4. The third-order valence-corrected chi connectivity index (χ3v) is 8.56. The van der Waals surface area contributed by atoms with Crippen molar-refractivity contribution in [1.82, 2.24) is 19.3 Å². The highest BCUT2D eigenvalue weighted by Crippen LogP contribution is 2.31. The number of likely N-dealkylation sites (N-methyl/N-ethyl adjacent to an activating group) is 1. The molecule has 1 amide bonds. The molecule has 2 fully saturated rings. The highest BCUT2D eigenvalue weighted by atomic mass is 32.2. The van der Waals surface area contributed by atoms with Gasteiger partial charge in [0.25, 0.3) is 0 Å². The maximum Gasteiger partial charge on any atom is 0.248 e. The molecule has 0 saturated carbocycles. The van der Waals surface area contributed by atoms with Gasteiger partial charge < -0.3 is 14.3 Å². The number of amides is 1. The van der Waals surface area contributed by atoms with Crippen LogP contribution in [0.4, 0.5) is 0 Å². The Morgan fingerprint density at radius 2 is 1.74 bits per heavy atom. The normalized spacial score (nSPS) is 22.0. The maximum absolute atomic E-state index is 13.5. The predicted molar refractivity (Wildman–Crippen MR) is 116 cm³/mol. The molecule has 1 aromatic carbocycles. The van der Waals surface area contributed by atoms with Crippen molar-refractivity contribution in [3.63, 3.8) is 0 Å². The molecule has 2 aromatic rings. The number of sulfonamides is 1. The predicted octanol–water partition coefficient (Wildman–Crippen LogP) is 2.21. The lowest BCUT2D eigenvalue weighted by Crippen LogP contribution is -2.52. The molecule has 4 rings (SSSR count).